The average molecular weight is 519 g/mol. The first-order valence-corrected chi connectivity index (χ1v) is 9.91. The summed E-state index contributed by atoms with van der Waals surface area (Å²) >= 11 is 0. The minimum atomic E-state index is -3.08. The highest BCUT2D eigenvalue weighted by atomic mass is 19.3. The first-order chi connectivity index (χ1) is 17.0. The van der Waals surface area contributed by atoms with Gasteiger partial charge in [-0.15, -0.1) is 0 Å². The van der Waals surface area contributed by atoms with Gasteiger partial charge in [0.15, 0.2) is 23.2 Å². The number of carbonyl (C=O) groups is 1. The molecule has 7 nitrogen and oxygen atoms in total. The van der Waals surface area contributed by atoms with Crippen LogP contribution in [0.5, 0.6) is 0 Å². The molecule has 0 bridgehead atoms. The molecule has 3 aromatic heterocycles. The van der Waals surface area contributed by atoms with E-state index in [0.29, 0.717) is 10.7 Å². The highest BCUT2D eigenvalue weighted by Gasteiger charge is 2.23. The summed E-state index contributed by atoms with van der Waals surface area (Å²) in [5.41, 5.74) is -2.35. The lowest BCUT2D eigenvalue weighted by molar-refractivity contribution is 0.0994. The summed E-state index contributed by atoms with van der Waals surface area (Å²) in [7, 11) is 0. The number of benzene rings is 1. The Morgan fingerprint density at radius 1 is 0.972 bits per heavy atom. The number of hydrogen-bond acceptors (Lipinski definition) is 4. The predicted molar refractivity (Wildman–Crippen MR) is 106 cm³/mol. The monoisotopic (exact) mass is 519 g/mol. The van der Waals surface area contributed by atoms with E-state index in [0.717, 1.165) is 17.1 Å². The molecule has 0 aliphatic carbocycles. The Morgan fingerprint density at radius 3 is 2.42 bits per heavy atom. The van der Waals surface area contributed by atoms with E-state index in [1.165, 1.54) is 12.1 Å². The quantitative estimate of drug-likeness (QED) is 0.191. The maximum atomic E-state index is 13.9. The Hall–Kier alpha value is -4.17. The van der Waals surface area contributed by atoms with Gasteiger partial charge in [-0.1, -0.05) is 0 Å². The van der Waals surface area contributed by atoms with Gasteiger partial charge in [-0.2, -0.15) is 10.2 Å². The van der Waals surface area contributed by atoms with Gasteiger partial charge in [0.05, 0.1) is 25.0 Å². The van der Waals surface area contributed by atoms with E-state index < -0.39 is 72.1 Å². The maximum absolute atomic E-state index is 13.9. The summed E-state index contributed by atoms with van der Waals surface area (Å²) in [5.74, 6) is -7.72. The molecule has 0 fully saturated rings. The summed E-state index contributed by atoms with van der Waals surface area (Å²) in [6.07, 6.45) is -3.89. The number of aromatic nitrogens is 4. The van der Waals surface area contributed by atoms with Crippen LogP contribution in [0.3, 0.4) is 0 Å². The van der Waals surface area contributed by atoms with Crippen LogP contribution in [0.25, 0.3) is 0 Å². The molecule has 0 aliphatic rings. The number of anilines is 1. The molecule has 4 rings (SSSR count). The molecule has 3 heterocycles. The zero-order chi connectivity index (χ0) is 26.1. The van der Waals surface area contributed by atoms with Crippen molar-refractivity contribution >= 4 is 11.6 Å². The SMILES string of the molecule is O=C(Nc1cnn(Cc2c(F)cc(F)c(F)c2F)c1)c1ccc(Cn2nc(C(F)F)cc2C(F)F)o1. The van der Waals surface area contributed by atoms with E-state index in [2.05, 4.69) is 15.5 Å². The molecule has 0 unspecified atom stereocenters. The zero-order valence-electron chi connectivity index (χ0n) is 17.7. The average Bonchev–Trinajstić information content (AvgIpc) is 3.55. The van der Waals surface area contributed by atoms with Crippen molar-refractivity contribution < 1.29 is 44.3 Å². The number of nitrogens with zero attached hydrogens (tertiary/aromatic N) is 4. The van der Waals surface area contributed by atoms with Crippen molar-refractivity contribution in [2.24, 2.45) is 0 Å². The van der Waals surface area contributed by atoms with E-state index in [9.17, 15) is 39.9 Å². The predicted octanol–water partition coefficient (Wildman–Crippen LogP) is 5.45. The zero-order valence-corrected chi connectivity index (χ0v) is 17.7. The smallest absolute Gasteiger partial charge is 0.291 e. The van der Waals surface area contributed by atoms with Gasteiger partial charge < -0.3 is 9.73 Å². The minimum absolute atomic E-state index is 0.0362. The lowest BCUT2D eigenvalue weighted by Crippen LogP contribution is -2.11. The number of amides is 1. The summed E-state index contributed by atoms with van der Waals surface area (Å²) in [4.78, 5) is 12.4. The molecule has 1 N–H and O–H groups in total. The van der Waals surface area contributed by atoms with Crippen molar-refractivity contribution in [1.29, 1.82) is 0 Å². The number of rotatable bonds is 8. The van der Waals surface area contributed by atoms with Crippen LogP contribution in [0.15, 0.2) is 41.1 Å². The second-order valence-corrected chi connectivity index (χ2v) is 7.35. The van der Waals surface area contributed by atoms with Crippen LogP contribution >= 0.6 is 0 Å². The van der Waals surface area contributed by atoms with Crippen LogP contribution < -0.4 is 5.32 Å². The molecule has 190 valence electrons. The second kappa shape index (κ2) is 9.83. The molecule has 4 aromatic rings. The first-order valence-electron chi connectivity index (χ1n) is 9.91. The van der Waals surface area contributed by atoms with Crippen molar-refractivity contribution in [3.05, 3.63) is 88.4 Å². The van der Waals surface area contributed by atoms with Crippen LogP contribution in [0.1, 0.15) is 46.1 Å². The second-order valence-electron chi connectivity index (χ2n) is 7.35. The largest absolute Gasteiger partial charge is 0.454 e. The van der Waals surface area contributed by atoms with Gasteiger partial charge >= 0.3 is 0 Å². The molecule has 0 radical (unpaired) electrons. The van der Waals surface area contributed by atoms with Gasteiger partial charge in [-0.05, 0) is 18.2 Å². The van der Waals surface area contributed by atoms with Crippen molar-refractivity contribution in [3.63, 3.8) is 0 Å². The molecule has 0 atom stereocenters. The van der Waals surface area contributed by atoms with Gasteiger partial charge in [0.2, 0.25) is 0 Å². The molecule has 0 saturated carbocycles. The van der Waals surface area contributed by atoms with E-state index in [1.54, 1.807) is 0 Å². The fourth-order valence-electron chi connectivity index (χ4n) is 3.21. The number of halogens is 8. The van der Waals surface area contributed by atoms with Crippen LogP contribution in [0, 0.1) is 23.3 Å². The Bertz CT molecular complexity index is 1410. The van der Waals surface area contributed by atoms with Crippen LogP contribution in [-0.4, -0.2) is 25.5 Å². The number of nitrogens with one attached hydrogen (secondary N) is 1. The van der Waals surface area contributed by atoms with E-state index >= 15 is 0 Å². The van der Waals surface area contributed by atoms with Gasteiger partial charge in [-0.25, -0.2) is 35.1 Å². The molecular formula is C21H13F8N5O2. The maximum Gasteiger partial charge on any atom is 0.291 e. The van der Waals surface area contributed by atoms with Crippen LogP contribution in [-0.2, 0) is 13.1 Å². The molecule has 15 heteroatoms. The summed E-state index contributed by atoms with van der Waals surface area (Å²) < 4.78 is 113. The number of hydrogen-bond donors (Lipinski definition) is 1. The summed E-state index contributed by atoms with van der Waals surface area (Å²) in [5, 5.41) is 9.56. The van der Waals surface area contributed by atoms with Crippen molar-refractivity contribution in [1.82, 2.24) is 19.6 Å². The molecule has 0 aliphatic heterocycles. The molecule has 1 amide bonds. The van der Waals surface area contributed by atoms with E-state index in [-0.39, 0.29) is 23.3 Å². The van der Waals surface area contributed by atoms with Crippen molar-refractivity contribution in [3.8, 4) is 0 Å². The van der Waals surface area contributed by atoms with Crippen LogP contribution in [0.4, 0.5) is 40.8 Å². The summed E-state index contributed by atoms with van der Waals surface area (Å²) in [6, 6.07) is 3.21. The number of alkyl halides is 4. The molecule has 0 spiro atoms. The number of carbonyl (C=O) groups excluding carboxylic acids is 1. The Morgan fingerprint density at radius 2 is 1.72 bits per heavy atom. The number of furan rings is 1. The Balaban J connectivity index is 1.44. The van der Waals surface area contributed by atoms with Crippen LogP contribution in [0.2, 0.25) is 0 Å². The third-order valence-corrected chi connectivity index (χ3v) is 4.89. The van der Waals surface area contributed by atoms with Crippen molar-refractivity contribution in [2.45, 2.75) is 25.9 Å². The van der Waals surface area contributed by atoms with Gasteiger partial charge in [0.1, 0.15) is 23.0 Å². The van der Waals surface area contributed by atoms with E-state index in [4.69, 9.17) is 4.42 Å². The minimum Gasteiger partial charge on any atom is -0.454 e. The van der Waals surface area contributed by atoms with Gasteiger partial charge in [0.25, 0.3) is 18.8 Å². The Labute approximate surface area is 195 Å². The Kier molecular flexibility index (Phi) is 6.81. The van der Waals surface area contributed by atoms with Gasteiger partial charge in [0, 0.05) is 17.8 Å². The lowest BCUT2D eigenvalue weighted by Gasteiger charge is -2.07. The fourth-order valence-corrected chi connectivity index (χ4v) is 3.21. The first kappa shape index (κ1) is 24.9. The highest BCUT2D eigenvalue weighted by molar-refractivity contribution is 6.02. The topological polar surface area (TPSA) is 77.9 Å². The molecule has 0 saturated heterocycles. The summed E-state index contributed by atoms with van der Waals surface area (Å²) in [6.45, 7) is -1.07. The van der Waals surface area contributed by atoms with E-state index in [1.807, 2.05) is 0 Å². The molecule has 1 aromatic carbocycles. The van der Waals surface area contributed by atoms with Crippen molar-refractivity contribution in [2.75, 3.05) is 5.32 Å². The standard InChI is InChI=1S/C21H13F8N5O2/c22-12-3-13(23)18(25)17(24)11(12)8-33-6-9(5-30-33)31-21(35)16-2-1-10(36-16)7-34-15(20(28)29)4-14(32-34)19(26)27/h1-6,19-20H,7-8H2,(H,31,35). The third-order valence-electron chi connectivity index (χ3n) is 4.89. The molecule has 36 heavy (non-hydrogen) atoms. The lowest BCUT2D eigenvalue weighted by atomic mass is 10.2. The third kappa shape index (κ3) is 5.08. The van der Waals surface area contributed by atoms with Gasteiger partial charge in [-0.3, -0.25) is 14.2 Å². The normalized spacial score (nSPS) is 11.6. The highest BCUT2D eigenvalue weighted by Crippen LogP contribution is 2.26. The fraction of sp³-hybridized carbons (Fsp3) is 0.190. The molecular weight excluding hydrogens is 506 g/mol.